The first-order valence-electron chi connectivity index (χ1n) is 10.1. The minimum Gasteiger partial charge on any atom is -0.493 e. The Hall–Kier alpha value is -3.01. The molecule has 2 fully saturated rings. The number of aromatic hydroxyl groups is 1. The van der Waals surface area contributed by atoms with Crippen molar-refractivity contribution in [2.45, 2.75) is 50.7 Å². The fourth-order valence-corrected chi connectivity index (χ4v) is 3.93. The zero-order valence-electron chi connectivity index (χ0n) is 16.0. The molecule has 2 aliphatic carbocycles. The van der Waals surface area contributed by atoms with E-state index in [0.717, 1.165) is 37.2 Å². The molecule has 0 bridgehead atoms. The average molecular weight is 399 g/mol. The standard InChI is InChI=1S/C19H25N7O3/c27-14-3-1-2-12(14)22-15-7-16(20-8-10-4-5-10)26-17(24-15)11(9-21-26)6-13-18(28)25-19(29)23-13/h7,9-10,12,14,20,27-28H,1-6,8H2,(H,22,24)(H2,23,25,29). The number of nitrogens with zero attached hydrogens (tertiary/aromatic N) is 3. The van der Waals surface area contributed by atoms with Crippen LogP contribution in [-0.2, 0) is 6.42 Å². The molecule has 2 unspecified atom stereocenters. The lowest BCUT2D eigenvalue weighted by Crippen LogP contribution is -2.28. The van der Waals surface area contributed by atoms with Crippen molar-refractivity contribution < 1.29 is 10.2 Å². The van der Waals surface area contributed by atoms with E-state index in [9.17, 15) is 15.0 Å². The highest BCUT2D eigenvalue weighted by atomic mass is 16.3. The zero-order valence-corrected chi connectivity index (χ0v) is 16.0. The van der Waals surface area contributed by atoms with Crippen molar-refractivity contribution >= 4 is 17.3 Å². The van der Waals surface area contributed by atoms with Gasteiger partial charge in [0, 0.05) is 24.6 Å². The molecule has 10 nitrogen and oxygen atoms in total. The largest absolute Gasteiger partial charge is 0.493 e. The smallest absolute Gasteiger partial charge is 0.325 e. The van der Waals surface area contributed by atoms with Crippen LogP contribution in [0.2, 0.25) is 0 Å². The number of hydrogen-bond donors (Lipinski definition) is 6. The molecule has 2 aliphatic rings. The minimum atomic E-state index is -0.453. The molecule has 2 atom stereocenters. The molecule has 10 heteroatoms. The molecule has 154 valence electrons. The third-order valence-electron chi connectivity index (χ3n) is 5.78. The fraction of sp³-hybridized carbons (Fsp3) is 0.526. The number of H-pyrrole nitrogens is 2. The third kappa shape index (κ3) is 3.67. The van der Waals surface area contributed by atoms with Gasteiger partial charge in [-0.25, -0.2) is 9.78 Å². The zero-order chi connectivity index (χ0) is 20.0. The van der Waals surface area contributed by atoms with Crippen LogP contribution < -0.4 is 16.3 Å². The summed E-state index contributed by atoms with van der Waals surface area (Å²) in [5.74, 6) is 2.03. The molecule has 5 rings (SSSR count). The van der Waals surface area contributed by atoms with Gasteiger partial charge in [0.25, 0.3) is 0 Å². The van der Waals surface area contributed by atoms with Gasteiger partial charge in [-0.2, -0.15) is 9.61 Å². The minimum absolute atomic E-state index is 0.0160. The summed E-state index contributed by atoms with van der Waals surface area (Å²) in [5, 5.41) is 31.4. The van der Waals surface area contributed by atoms with E-state index in [1.165, 1.54) is 12.8 Å². The summed E-state index contributed by atoms with van der Waals surface area (Å²) in [4.78, 5) is 21.1. The van der Waals surface area contributed by atoms with Gasteiger partial charge < -0.3 is 25.8 Å². The molecule has 0 spiro atoms. The lowest BCUT2D eigenvalue weighted by atomic mass is 10.2. The average Bonchev–Trinajstić information content (AvgIpc) is 3.18. The van der Waals surface area contributed by atoms with E-state index in [0.29, 0.717) is 29.5 Å². The summed E-state index contributed by atoms with van der Waals surface area (Å²) >= 11 is 0. The second kappa shape index (κ2) is 7.11. The Bertz CT molecular complexity index is 1080. The first-order chi connectivity index (χ1) is 14.1. The van der Waals surface area contributed by atoms with Crippen molar-refractivity contribution in [1.82, 2.24) is 24.6 Å². The molecule has 0 radical (unpaired) electrons. The summed E-state index contributed by atoms with van der Waals surface area (Å²) in [6.07, 6.45) is 6.79. The van der Waals surface area contributed by atoms with Crippen LogP contribution in [0.15, 0.2) is 17.1 Å². The topological polar surface area (TPSA) is 143 Å². The molecule has 0 aliphatic heterocycles. The first-order valence-corrected chi connectivity index (χ1v) is 10.1. The molecule has 29 heavy (non-hydrogen) atoms. The van der Waals surface area contributed by atoms with Gasteiger partial charge >= 0.3 is 5.69 Å². The number of nitrogens with one attached hydrogen (secondary N) is 4. The van der Waals surface area contributed by atoms with Crippen LogP contribution in [0.25, 0.3) is 5.65 Å². The number of aliphatic hydroxyl groups is 1. The number of rotatable bonds is 7. The van der Waals surface area contributed by atoms with Gasteiger partial charge in [-0.05, 0) is 38.0 Å². The summed E-state index contributed by atoms with van der Waals surface area (Å²) in [6, 6.07) is 1.91. The number of aromatic nitrogens is 5. The van der Waals surface area contributed by atoms with E-state index in [2.05, 4.69) is 25.7 Å². The van der Waals surface area contributed by atoms with Gasteiger partial charge in [-0.1, -0.05) is 0 Å². The van der Waals surface area contributed by atoms with E-state index >= 15 is 0 Å². The summed E-state index contributed by atoms with van der Waals surface area (Å²) in [7, 11) is 0. The summed E-state index contributed by atoms with van der Waals surface area (Å²) in [5.41, 5.74) is 1.36. The molecule has 3 aromatic heterocycles. The Morgan fingerprint density at radius 1 is 1.24 bits per heavy atom. The van der Waals surface area contributed by atoms with E-state index in [1.54, 1.807) is 10.7 Å². The van der Waals surface area contributed by atoms with Crippen LogP contribution in [0.1, 0.15) is 43.4 Å². The SMILES string of the molecule is O=c1[nH]c(O)c(Cc2cnn3c(NCC4CC4)cc(NC4CCCC4O)nc23)[nH]1. The number of hydrogen-bond acceptors (Lipinski definition) is 7. The molecule has 6 N–H and O–H groups in total. The highest BCUT2D eigenvalue weighted by molar-refractivity contribution is 5.61. The van der Waals surface area contributed by atoms with E-state index in [4.69, 9.17) is 4.98 Å². The number of aromatic amines is 2. The molecular weight excluding hydrogens is 374 g/mol. The van der Waals surface area contributed by atoms with Crippen molar-refractivity contribution in [3.05, 3.63) is 34.0 Å². The third-order valence-corrected chi connectivity index (χ3v) is 5.78. The van der Waals surface area contributed by atoms with Crippen LogP contribution in [0.3, 0.4) is 0 Å². The fourth-order valence-electron chi connectivity index (χ4n) is 3.93. The van der Waals surface area contributed by atoms with Gasteiger partial charge in [-0.15, -0.1) is 0 Å². The molecule has 0 saturated heterocycles. The van der Waals surface area contributed by atoms with Crippen molar-refractivity contribution in [2.75, 3.05) is 17.2 Å². The normalized spacial score (nSPS) is 21.7. The number of imidazole rings is 1. The van der Waals surface area contributed by atoms with Gasteiger partial charge in [0.2, 0.25) is 5.88 Å². The summed E-state index contributed by atoms with van der Waals surface area (Å²) in [6.45, 7) is 0.881. The van der Waals surface area contributed by atoms with Crippen LogP contribution in [-0.4, -0.2) is 53.5 Å². The Morgan fingerprint density at radius 3 is 2.79 bits per heavy atom. The summed E-state index contributed by atoms with van der Waals surface area (Å²) < 4.78 is 1.75. The Labute approximate surface area is 166 Å². The van der Waals surface area contributed by atoms with Crippen LogP contribution in [0.4, 0.5) is 11.6 Å². The molecule has 0 aromatic carbocycles. The van der Waals surface area contributed by atoms with Crippen molar-refractivity contribution in [3.8, 4) is 5.88 Å². The lowest BCUT2D eigenvalue weighted by molar-refractivity contribution is 0.171. The quantitative estimate of drug-likeness (QED) is 0.350. The van der Waals surface area contributed by atoms with Gasteiger partial charge in [0.05, 0.1) is 24.0 Å². The van der Waals surface area contributed by atoms with E-state index in [1.807, 2.05) is 6.07 Å². The molecular formula is C19H25N7O3. The van der Waals surface area contributed by atoms with E-state index < -0.39 is 5.69 Å². The van der Waals surface area contributed by atoms with Crippen molar-refractivity contribution in [3.63, 3.8) is 0 Å². The van der Waals surface area contributed by atoms with Crippen LogP contribution in [0, 0.1) is 5.92 Å². The maximum Gasteiger partial charge on any atom is 0.325 e. The van der Waals surface area contributed by atoms with Crippen LogP contribution >= 0.6 is 0 Å². The molecule has 3 heterocycles. The van der Waals surface area contributed by atoms with Gasteiger partial charge in [-0.3, -0.25) is 4.98 Å². The monoisotopic (exact) mass is 399 g/mol. The predicted octanol–water partition coefficient (Wildman–Crippen LogP) is 1.19. The maximum absolute atomic E-state index is 11.4. The second-order valence-electron chi connectivity index (χ2n) is 8.09. The first kappa shape index (κ1) is 18.0. The molecule has 3 aromatic rings. The van der Waals surface area contributed by atoms with Crippen molar-refractivity contribution in [1.29, 1.82) is 0 Å². The van der Waals surface area contributed by atoms with Crippen LogP contribution in [0.5, 0.6) is 5.88 Å². The van der Waals surface area contributed by atoms with E-state index in [-0.39, 0.29) is 18.0 Å². The number of aliphatic hydroxyl groups excluding tert-OH is 1. The molecule has 0 amide bonds. The number of fused-ring (bicyclic) bond motifs is 1. The lowest BCUT2D eigenvalue weighted by Gasteiger charge is -2.18. The predicted molar refractivity (Wildman–Crippen MR) is 107 cm³/mol. The maximum atomic E-state index is 11.4. The molecule has 2 saturated carbocycles. The van der Waals surface area contributed by atoms with Gasteiger partial charge in [0.1, 0.15) is 11.6 Å². The van der Waals surface area contributed by atoms with Gasteiger partial charge in [0.15, 0.2) is 5.65 Å². The second-order valence-corrected chi connectivity index (χ2v) is 8.09. The highest BCUT2D eigenvalue weighted by Gasteiger charge is 2.26. The highest BCUT2D eigenvalue weighted by Crippen LogP contribution is 2.30. The Balaban J connectivity index is 1.50. The Morgan fingerprint density at radius 2 is 2.10 bits per heavy atom. The Kier molecular flexibility index (Phi) is 4.42. The van der Waals surface area contributed by atoms with Crippen molar-refractivity contribution in [2.24, 2.45) is 5.92 Å². The number of anilines is 2.